The van der Waals surface area contributed by atoms with Gasteiger partial charge in [0.05, 0.1) is 29.8 Å². The lowest BCUT2D eigenvalue weighted by Gasteiger charge is -2.14. The number of methoxy groups -OCH3 is 1. The predicted molar refractivity (Wildman–Crippen MR) is 142 cm³/mol. The maximum absolute atomic E-state index is 13.3. The normalized spacial score (nSPS) is 11.1. The van der Waals surface area contributed by atoms with Crippen LogP contribution in [0.3, 0.4) is 0 Å². The van der Waals surface area contributed by atoms with Gasteiger partial charge in [0.25, 0.3) is 5.56 Å². The average molecular weight is 548 g/mol. The van der Waals surface area contributed by atoms with Gasteiger partial charge in [-0.3, -0.25) is 14.3 Å². The van der Waals surface area contributed by atoms with Gasteiger partial charge in [-0.2, -0.15) is 4.68 Å². The zero-order valence-electron chi connectivity index (χ0n) is 20.8. The maximum Gasteiger partial charge on any atom is 0.411 e. The Labute approximate surface area is 226 Å². The number of H-pyrrole nitrogens is 1. The van der Waals surface area contributed by atoms with Crippen LogP contribution in [0.4, 0.5) is 10.5 Å². The van der Waals surface area contributed by atoms with Gasteiger partial charge >= 0.3 is 6.09 Å². The third kappa shape index (κ3) is 5.39. The Hall–Kier alpha value is -4.88. The number of hydrogen-bond acceptors (Lipinski definition) is 8. The minimum atomic E-state index is -1.05. The molecular formula is C25H22ClN9O4. The molecule has 0 fully saturated rings. The number of halogens is 1. The lowest BCUT2D eigenvalue weighted by atomic mass is 10.1. The van der Waals surface area contributed by atoms with Gasteiger partial charge in [0.15, 0.2) is 0 Å². The standard InChI is InChI=1S/C25H22ClN9O4/c1-33(25(37)38)17-6-3-15(4-7-17)20-11-27-22(29-20)12-34-23(13-39-2)30-19(10-24(34)36)18-9-16(26)5-8-21(18)35-14-28-31-32-35/h3-11,14H,12-13H2,1-2H3,(H,27,29)(H,37,38). The van der Waals surface area contributed by atoms with E-state index in [1.54, 1.807) is 48.7 Å². The first kappa shape index (κ1) is 25.8. The van der Waals surface area contributed by atoms with Gasteiger partial charge in [0.1, 0.15) is 24.6 Å². The number of aromatic nitrogens is 8. The van der Waals surface area contributed by atoms with Gasteiger partial charge < -0.3 is 14.8 Å². The molecule has 2 aromatic carbocycles. The molecule has 0 atom stereocenters. The molecule has 198 valence electrons. The molecule has 14 heteroatoms. The van der Waals surface area contributed by atoms with Crippen molar-refractivity contribution in [3.05, 3.63) is 88.1 Å². The fraction of sp³-hybridized carbons (Fsp3) is 0.160. The Bertz CT molecular complexity index is 1680. The second-order valence-corrected chi connectivity index (χ2v) is 8.90. The van der Waals surface area contributed by atoms with E-state index in [1.807, 2.05) is 0 Å². The molecule has 0 aliphatic carbocycles. The third-order valence-electron chi connectivity index (χ3n) is 5.98. The SMILES string of the molecule is COCc1nc(-c2cc(Cl)ccc2-n2cnnn2)cc(=O)n1Cc1ncc(-c2ccc(N(C)C(=O)O)cc2)[nH]1. The molecule has 13 nitrogen and oxygen atoms in total. The molecule has 3 heterocycles. The van der Waals surface area contributed by atoms with Gasteiger partial charge in [0, 0.05) is 36.5 Å². The number of rotatable bonds is 8. The lowest BCUT2D eigenvalue weighted by molar-refractivity contribution is 0.173. The van der Waals surface area contributed by atoms with Crippen LogP contribution >= 0.6 is 11.6 Å². The van der Waals surface area contributed by atoms with Crippen LogP contribution in [-0.4, -0.2) is 65.1 Å². The molecule has 5 rings (SSSR count). The minimum Gasteiger partial charge on any atom is -0.465 e. The summed E-state index contributed by atoms with van der Waals surface area (Å²) in [5, 5.41) is 20.9. The molecule has 0 bridgehead atoms. The first-order valence-corrected chi connectivity index (χ1v) is 12.0. The van der Waals surface area contributed by atoms with E-state index >= 15 is 0 Å². The van der Waals surface area contributed by atoms with Crippen molar-refractivity contribution in [2.45, 2.75) is 13.2 Å². The van der Waals surface area contributed by atoms with Crippen LogP contribution in [0, 0.1) is 0 Å². The van der Waals surface area contributed by atoms with E-state index in [-0.39, 0.29) is 18.7 Å². The number of amides is 1. The molecule has 0 unspecified atom stereocenters. The maximum atomic E-state index is 13.3. The van der Waals surface area contributed by atoms with Gasteiger partial charge in [-0.15, -0.1) is 5.10 Å². The Morgan fingerprint density at radius 2 is 1.97 bits per heavy atom. The first-order valence-electron chi connectivity index (χ1n) is 11.6. The number of aromatic amines is 1. The summed E-state index contributed by atoms with van der Waals surface area (Å²) >= 11 is 6.26. The molecule has 0 spiro atoms. The van der Waals surface area contributed by atoms with E-state index in [1.165, 1.54) is 35.8 Å². The van der Waals surface area contributed by atoms with E-state index in [2.05, 4.69) is 25.5 Å². The quantitative estimate of drug-likeness (QED) is 0.297. The lowest BCUT2D eigenvalue weighted by Crippen LogP contribution is -2.26. The van der Waals surface area contributed by atoms with Crippen molar-refractivity contribution in [3.8, 4) is 28.2 Å². The summed E-state index contributed by atoms with van der Waals surface area (Å²) in [6.45, 7) is 0.204. The molecule has 0 saturated heterocycles. The number of ether oxygens (including phenoxy) is 1. The van der Waals surface area contributed by atoms with Crippen LogP contribution in [0.5, 0.6) is 0 Å². The highest BCUT2D eigenvalue weighted by molar-refractivity contribution is 6.31. The summed E-state index contributed by atoms with van der Waals surface area (Å²) in [7, 11) is 2.99. The fourth-order valence-electron chi connectivity index (χ4n) is 4.00. The minimum absolute atomic E-state index is 0.0793. The van der Waals surface area contributed by atoms with Gasteiger partial charge in [-0.05, 0) is 46.3 Å². The van der Waals surface area contributed by atoms with Crippen molar-refractivity contribution >= 4 is 23.4 Å². The largest absolute Gasteiger partial charge is 0.465 e. The number of tetrazole rings is 1. The Morgan fingerprint density at radius 1 is 1.18 bits per heavy atom. The highest BCUT2D eigenvalue weighted by atomic mass is 35.5. The van der Waals surface area contributed by atoms with Gasteiger partial charge in [-0.25, -0.2) is 14.8 Å². The number of carbonyl (C=O) groups is 1. The van der Waals surface area contributed by atoms with Crippen LogP contribution in [0.25, 0.3) is 28.2 Å². The zero-order chi connectivity index (χ0) is 27.5. The second-order valence-electron chi connectivity index (χ2n) is 8.46. The number of hydrogen-bond donors (Lipinski definition) is 2. The van der Waals surface area contributed by atoms with Gasteiger partial charge in [-0.1, -0.05) is 23.7 Å². The van der Waals surface area contributed by atoms with Crippen LogP contribution < -0.4 is 10.5 Å². The smallest absolute Gasteiger partial charge is 0.411 e. The average Bonchev–Trinajstić information content (AvgIpc) is 3.63. The topological polar surface area (TPSA) is 157 Å². The summed E-state index contributed by atoms with van der Waals surface area (Å²) in [5.41, 5.74) is 3.32. The number of carboxylic acid groups (broad SMARTS) is 1. The van der Waals surface area contributed by atoms with E-state index in [0.29, 0.717) is 45.0 Å². The van der Waals surface area contributed by atoms with Crippen molar-refractivity contribution in [1.29, 1.82) is 0 Å². The summed E-state index contributed by atoms with van der Waals surface area (Å²) in [6, 6.07) is 13.5. The molecule has 0 radical (unpaired) electrons. The fourth-order valence-corrected chi connectivity index (χ4v) is 4.17. The molecule has 1 amide bonds. The predicted octanol–water partition coefficient (Wildman–Crippen LogP) is 3.24. The number of nitrogens with one attached hydrogen (secondary N) is 1. The highest BCUT2D eigenvalue weighted by Gasteiger charge is 2.17. The molecule has 2 N–H and O–H groups in total. The molecular weight excluding hydrogens is 526 g/mol. The summed E-state index contributed by atoms with van der Waals surface area (Å²) in [4.78, 5) is 38.0. The Kier molecular flexibility index (Phi) is 7.17. The van der Waals surface area contributed by atoms with E-state index in [9.17, 15) is 9.59 Å². The van der Waals surface area contributed by atoms with E-state index in [0.717, 1.165) is 10.5 Å². The van der Waals surface area contributed by atoms with Crippen molar-refractivity contribution in [3.63, 3.8) is 0 Å². The van der Waals surface area contributed by atoms with Crippen molar-refractivity contribution in [2.24, 2.45) is 0 Å². The Balaban J connectivity index is 1.46. The zero-order valence-corrected chi connectivity index (χ0v) is 21.6. The van der Waals surface area contributed by atoms with E-state index < -0.39 is 6.09 Å². The number of benzene rings is 2. The molecule has 0 aliphatic heterocycles. The van der Waals surface area contributed by atoms with Gasteiger partial charge in [0.2, 0.25) is 0 Å². The first-order chi connectivity index (χ1) is 18.8. The molecule has 0 saturated carbocycles. The summed E-state index contributed by atoms with van der Waals surface area (Å²) < 4.78 is 8.28. The van der Waals surface area contributed by atoms with Crippen molar-refractivity contribution in [1.82, 2.24) is 39.7 Å². The third-order valence-corrected chi connectivity index (χ3v) is 6.22. The number of nitrogens with zero attached hydrogens (tertiary/aromatic N) is 8. The van der Waals surface area contributed by atoms with Crippen LogP contribution in [0.2, 0.25) is 5.02 Å². The van der Waals surface area contributed by atoms with Crippen molar-refractivity contribution < 1.29 is 14.6 Å². The number of imidazole rings is 1. The van der Waals surface area contributed by atoms with Crippen LogP contribution in [-0.2, 0) is 17.9 Å². The second kappa shape index (κ2) is 10.8. The molecule has 39 heavy (non-hydrogen) atoms. The molecule has 3 aromatic heterocycles. The van der Waals surface area contributed by atoms with Crippen molar-refractivity contribution in [2.75, 3.05) is 19.1 Å². The number of anilines is 1. The molecule has 0 aliphatic rings. The summed E-state index contributed by atoms with van der Waals surface area (Å²) in [6.07, 6.45) is 2.04. The summed E-state index contributed by atoms with van der Waals surface area (Å²) in [5.74, 6) is 0.921. The Morgan fingerprint density at radius 3 is 2.67 bits per heavy atom. The van der Waals surface area contributed by atoms with Crippen LogP contribution in [0.15, 0.2) is 65.8 Å². The highest BCUT2D eigenvalue weighted by Crippen LogP contribution is 2.28. The molecule has 5 aromatic rings. The monoisotopic (exact) mass is 547 g/mol. The van der Waals surface area contributed by atoms with E-state index in [4.69, 9.17) is 26.4 Å². The van der Waals surface area contributed by atoms with Crippen LogP contribution in [0.1, 0.15) is 11.6 Å².